The summed E-state index contributed by atoms with van der Waals surface area (Å²) in [6.45, 7) is 3.96. The first-order chi connectivity index (χ1) is 11.8. The van der Waals surface area contributed by atoms with Crippen molar-refractivity contribution >= 4 is 5.52 Å². The number of rotatable bonds is 4. The highest BCUT2D eigenvalue weighted by Crippen LogP contribution is 2.20. The number of morpholine rings is 1. The molecular formula is C18H19N5O. The van der Waals surface area contributed by atoms with E-state index < -0.39 is 0 Å². The van der Waals surface area contributed by atoms with E-state index in [1.54, 1.807) is 6.20 Å². The van der Waals surface area contributed by atoms with Gasteiger partial charge in [-0.15, -0.1) is 0 Å². The van der Waals surface area contributed by atoms with Gasteiger partial charge in [0.1, 0.15) is 6.07 Å². The van der Waals surface area contributed by atoms with E-state index in [0.717, 1.165) is 42.8 Å². The van der Waals surface area contributed by atoms with Crippen LogP contribution >= 0.6 is 0 Å². The fraction of sp³-hybridized carbons (Fsp3) is 0.333. The van der Waals surface area contributed by atoms with Crippen LogP contribution in [0.3, 0.4) is 0 Å². The van der Waals surface area contributed by atoms with E-state index in [0.29, 0.717) is 6.61 Å². The second-order valence-corrected chi connectivity index (χ2v) is 6.09. The first-order valence-corrected chi connectivity index (χ1v) is 8.13. The van der Waals surface area contributed by atoms with Crippen LogP contribution in [0.5, 0.6) is 0 Å². The highest BCUT2D eigenvalue weighted by Gasteiger charge is 2.22. The van der Waals surface area contributed by atoms with Crippen molar-refractivity contribution in [2.24, 2.45) is 0 Å². The molecule has 3 aromatic heterocycles. The summed E-state index contributed by atoms with van der Waals surface area (Å²) in [4.78, 5) is 2.35. The predicted molar refractivity (Wildman–Crippen MR) is 89.4 cm³/mol. The minimum atomic E-state index is 0.126. The average molecular weight is 321 g/mol. The lowest BCUT2D eigenvalue weighted by atomic mass is 10.1. The van der Waals surface area contributed by atoms with Crippen molar-refractivity contribution in [2.45, 2.75) is 19.2 Å². The molecule has 1 aliphatic rings. The van der Waals surface area contributed by atoms with E-state index in [1.807, 2.05) is 45.7 Å². The number of nitrogens with zero attached hydrogens (tertiary/aromatic N) is 5. The van der Waals surface area contributed by atoms with Gasteiger partial charge in [0.15, 0.2) is 0 Å². The first kappa shape index (κ1) is 14.9. The van der Waals surface area contributed by atoms with Crippen LogP contribution in [0.1, 0.15) is 11.1 Å². The summed E-state index contributed by atoms with van der Waals surface area (Å²) in [6, 6.07) is 10.2. The maximum Gasteiger partial charge on any atom is 0.102 e. The number of hydrogen-bond donors (Lipinski definition) is 0. The summed E-state index contributed by atoms with van der Waals surface area (Å²) in [7, 11) is 0. The summed E-state index contributed by atoms with van der Waals surface area (Å²) < 4.78 is 9.79. The molecule has 0 N–H and O–H groups in total. The largest absolute Gasteiger partial charge is 0.374 e. The Bertz CT molecular complexity index is 861. The van der Waals surface area contributed by atoms with Crippen LogP contribution in [0.4, 0.5) is 0 Å². The van der Waals surface area contributed by atoms with Gasteiger partial charge in [0, 0.05) is 50.0 Å². The molecule has 0 aromatic carbocycles. The SMILES string of the molecule is N#Cc1c(CN2CCO[C@H](Cn3cccn3)C2)cn2ccccc12. The molecule has 0 saturated carbocycles. The average Bonchev–Trinajstić information content (AvgIpc) is 3.22. The Kier molecular flexibility index (Phi) is 4.03. The van der Waals surface area contributed by atoms with Crippen LogP contribution in [0.25, 0.3) is 5.52 Å². The zero-order chi connectivity index (χ0) is 16.4. The van der Waals surface area contributed by atoms with Gasteiger partial charge in [-0.2, -0.15) is 10.4 Å². The molecule has 0 bridgehead atoms. The monoisotopic (exact) mass is 321 g/mol. The Hall–Kier alpha value is -2.62. The van der Waals surface area contributed by atoms with Gasteiger partial charge in [0.2, 0.25) is 0 Å². The molecule has 0 amide bonds. The van der Waals surface area contributed by atoms with Gasteiger partial charge >= 0.3 is 0 Å². The minimum absolute atomic E-state index is 0.126. The molecular weight excluding hydrogens is 302 g/mol. The lowest BCUT2D eigenvalue weighted by molar-refractivity contribution is -0.0402. The van der Waals surface area contributed by atoms with Crippen molar-refractivity contribution in [3.63, 3.8) is 0 Å². The quantitative estimate of drug-likeness (QED) is 0.736. The molecule has 4 heterocycles. The van der Waals surface area contributed by atoms with Gasteiger partial charge in [-0.25, -0.2) is 0 Å². The molecule has 1 aliphatic heterocycles. The lowest BCUT2D eigenvalue weighted by Gasteiger charge is -2.32. The molecule has 24 heavy (non-hydrogen) atoms. The van der Waals surface area contributed by atoms with Crippen LogP contribution in [0.15, 0.2) is 49.1 Å². The summed E-state index contributed by atoms with van der Waals surface area (Å²) in [6.07, 6.45) is 7.91. The third-order valence-electron chi connectivity index (χ3n) is 4.44. The minimum Gasteiger partial charge on any atom is -0.374 e. The van der Waals surface area contributed by atoms with Crippen LogP contribution < -0.4 is 0 Å². The van der Waals surface area contributed by atoms with Gasteiger partial charge in [0.05, 0.1) is 30.3 Å². The maximum atomic E-state index is 9.54. The number of fused-ring (bicyclic) bond motifs is 1. The summed E-state index contributed by atoms with van der Waals surface area (Å²) in [5.41, 5.74) is 2.81. The third-order valence-corrected chi connectivity index (χ3v) is 4.44. The molecule has 0 aliphatic carbocycles. The molecule has 3 aromatic rings. The molecule has 1 fully saturated rings. The molecule has 0 radical (unpaired) electrons. The van der Waals surface area contributed by atoms with Crippen molar-refractivity contribution < 1.29 is 4.74 Å². The number of aromatic nitrogens is 3. The van der Waals surface area contributed by atoms with Crippen molar-refractivity contribution in [3.8, 4) is 6.07 Å². The Morgan fingerprint density at radius 3 is 3.08 bits per heavy atom. The molecule has 0 unspecified atom stereocenters. The molecule has 6 nitrogen and oxygen atoms in total. The van der Waals surface area contributed by atoms with Crippen LogP contribution in [-0.2, 0) is 17.8 Å². The van der Waals surface area contributed by atoms with Gasteiger partial charge in [0.25, 0.3) is 0 Å². The van der Waals surface area contributed by atoms with Gasteiger partial charge < -0.3 is 9.14 Å². The Labute approximate surface area is 140 Å². The van der Waals surface area contributed by atoms with Crippen molar-refractivity contribution in [2.75, 3.05) is 19.7 Å². The number of nitriles is 1. The summed E-state index contributed by atoms with van der Waals surface area (Å²) >= 11 is 0. The van der Waals surface area contributed by atoms with E-state index in [4.69, 9.17) is 4.74 Å². The van der Waals surface area contributed by atoms with E-state index >= 15 is 0 Å². The number of pyridine rings is 1. The van der Waals surface area contributed by atoms with Gasteiger partial charge in [-0.1, -0.05) is 6.07 Å². The van der Waals surface area contributed by atoms with Gasteiger partial charge in [-0.05, 0) is 18.2 Å². The summed E-state index contributed by atoms with van der Waals surface area (Å²) in [5.74, 6) is 0. The predicted octanol–water partition coefficient (Wildman–Crippen LogP) is 1.91. The smallest absolute Gasteiger partial charge is 0.102 e. The Morgan fingerprint density at radius 1 is 1.29 bits per heavy atom. The van der Waals surface area contributed by atoms with E-state index in [1.165, 1.54) is 0 Å². The number of hydrogen-bond acceptors (Lipinski definition) is 4. The first-order valence-electron chi connectivity index (χ1n) is 8.13. The molecule has 1 saturated heterocycles. The second-order valence-electron chi connectivity index (χ2n) is 6.09. The van der Waals surface area contributed by atoms with E-state index in [9.17, 15) is 5.26 Å². The highest BCUT2D eigenvalue weighted by atomic mass is 16.5. The topological polar surface area (TPSA) is 58.5 Å². The fourth-order valence-corrected chi connectivity index (χ4v) is 3.32. The van der Waals surface area contributed by atoms with Crippen LogP contribution in [-0.4, -0.2) is 44.9 Å². The summed E-state index contributed by atoms with van der Waals surface area (Å²) in [5, 5.41) is 13.8. The van der Waals surface area contributed by atoms with Crippen LogP contribution in [0, 0.1) is 11.3 Å². The second kappa shape index (κ2) is 6.48. The lowest BCUT2D eigenvalue weighted by Crippen LogP contribution is -2.43. The van der Waals surface area contributed by atoms with E-state index in [-0.39, 0.29) is 6.10 Å². The Morgan fingerprint density at radius 2 is 2.25 bits per heavy atom. The fourth-order valence-electron chi connectivity index (χ4n) is 3.32. The number of ether oxygens (including phenoxy) is 1. The molecule has 0 spiro atoms. The van der Waals surface area contributed by atoms with Crippen molar-refractivity contribution in [3.05, 3.63) is 60.2 Å². The van der Waals surface area contributed by atoms with Crippen molar-refractivity contribution in [1.82, 2.24) is 19.1 Å². The normalized spacial score (nSPS) is 18.7. The van der Waals surface area contributed by atoms with Gasteiger partial charge in [-0.3, -0.25) is 9.58 Å². The maximum absolute atomic E-state index is 9.54. The molecule has 122 valence electrons. The molecule has 1 atom stereocenters. The Balaban J connectivity index is 1.50. The van der Waals surface area contributed by atoms with Crippen LogP contribution in [0.2, 0.25) is 0 Å². The zero-order valence-electron chi connectivity index (χ0n) is 13.4. The molecule has 4 rings (SSSR count). The third kappa shape index (κ3) is 2.92. The van der Waals surface area contributed by atoms with E-state index in [2.05, 4.69) is 22.3 Å². The highest BCUT2D eigenvalue weighted by molar-refractivity contribution is 5.65. The molecule has 6 heteroatoms. The zero-order valence-corrected chi connectivity index (χ0v) is 13.4. The standard InChI is InChI=1S/C18H19N5O/c19-10-17-15(12-22-6-2-1-4-18(17)22)11-21-8-9-24-16(13-21)14-23-7-3-5-20-23/h1-7,12,16H,8-9,11,13-14H2/t16-/m0/s1. The van der Waals surface area contributed by atoms with Crippen molar-refractivity contribution in [1.29, 1.82) is 5.26 Å².